The zero-order valence-corrected chi connectivity index (χ0v) is 6.35. The highest BCUT2D eigenvalue weighted by atomic mass is 15.4. The lowest BCUT2D eigenvalue weighted by molar-refractivity contribution is -0.00640. The number of rotatable bonds is 2. The van der Waals surface area contributed by atoms with E-state index in [1.165, 1.54) is 12.8 Å². The lowest BCUT2D eigenvalue weighted by atomic mass is 9.76. The van der Waals surface area contributed by atoms with Crippen molar-refractivity contribution < 1.29 is 0 Å². The quantitative estimate of drug-likeness (QED) is 0.562. The van der Waals surface area contributed by atoms with E-state index in [-0.39, 0.29) is 0 Å². The molecule has 0 spiro atoms. The van der Waals surface area contributed by atoms with Crippen molar-refractivity contribution in [2.45, 2.75) is 26.7 Å². The van der Waals surface area contributed by atoms with E-state index >= 15 is 0 Å². The monoisotopic (exact) mass is 128 g/mol. The molecule has 2 N–H and O–H groups in total. The molecule has 9 heavy (non-hydrogen) atoms. The normalized spacial score (nSPS) is 25.7. The maximum Gasteiger partial charge on any atom is 0.0198 e. The maximum absolute atomic E-state index is 5.54. The van der Waals surface area contributed by atoms with Crippen LogP contribution in [0.5, 0.6) is 0 Å². The summed E-state index contributed by atoms with van der Waals surface area (Å²) in [6, 6.07) is 0. The molecule has 0 radical (unpaired) electrons. The second kappa shape index (κ2) is 2.27. The molecular formula is C7H16N2. The minimum absolute atomic E-state index is 0.578. The van der Waals surface area contributed by atoms with Crippen LogP contribution in [-0.2, 0) is 0 Å². The van der Waals surface area contributed by atoms with Gasteiger partial charge in [-0.05, 0) is 18.3 Å². The van der Waals surface area contributed by atoms with Crippen molar-refractivity contribution in [3.63, 3.8) is 0 Å². The Hall–Kier alpha value is -0.0800. The summed E-state index contributed by atoms with van der Waals surface area (Å²) in [4.78, 5) is 0. The van der Waals surface area contributed by atoms with Gasteiger partial charge in [0.1, 0.15) is 0 Å². The molecule has 1 fully saturated rings. The van der Waals surface area contributed by atoms with Gasteiger partial charge in [-0.1, -0.05) is 13.8 Å². The average molecular weight is 128 g/mol. The average Bonchev–Trinajstić information content (AvgIpc) is 1.81. The van der Waals surface area contributed by atoms with E-state index in [4.69, 9.17) is 5.84 Å². The Morgan fingerprint density at radius 1 is 1.33 bits per heavy atom. The zero-order valence-electron chi connectivity index (χ0n) is 6.35. The summed E-state index contributed by atoms with van der Waals surface area (Å²) in [5.41, 5.74) is 0.578. The molecule has 0 amide bonds. The van der Waals surface area contributed by atoms with Crippen LogP contribution in [0, 0.1) is 5.41 Å². The van der Waals surface area contributed by atoms with E-state index in [0.29, 0.717) is 5.41 Å². The van der Waals surface area contributed by atoms with Crippen molar-refractivity contribution in [2.75, 3.05) is 13.1 Å². The van der Waals surface area contributed by atoms with Gasteiger partial charge in [0.05, 0.1) is 0 Å². The first-order valence-corrected chi connectivity index (χ1v) is 3.72. The van der Waals surface area contributed by atoms with Crippen LogP contribution >= 0.6 is 0 Å². The molecule has 1 heterocycles. The molecule has 0 atom stereocenters. The third-order valence-electron chi connectivity index (χ3n) is 2.58. The Kier molecular flexibility index (Phi) is 1.78. The minimum atomic E-state index is 0.578. The third kappa shape index (κ3) is 1.10. The molecular weight excluding hydrogens is 112 g/mol. The van der Waals surface area contributed by atoms with Crippen LogP contribution in [-0.4, -0.2) is 18.1 Å². The smallest absolute Gasteiger partial charge is 0.0198 e. The lowest BCUT2D eigenvalue weighted by Crippen LogP contribution is -2.58. The number of hydrogen-bond donors (Lipinski definition) is 1. The maximum atomic E-state index is 5.54. The van der Waals surface area contributed by atoms with E-state index in [9.17, 15) is 0 Å². The van der Waals surface area contributed by atoms with E-state index in [1.54, 1.807) is 0 Å². The minimum Gasteiger partial charge on any atom is -0.269 e. The second-order valence-corrected chi connectivity index (χ2v) is 3.11. The Morgan fingerprint density at radius 2 is 1.78 bits per heavy atom. The lowest BCUT2D eigenvalue weighted by Gasteiger charge is -2.47. The zero-order chi connectivity index (χ0) is 6.91. The van der Waals surface area contributed by atoms with Crippen LogP contribution in [0.2, 0.25) is 0 Å². The molecule has 0 saturated carbocycles. The van der Waals surface area contributed by atoms with E-state index < -0.39 is 0 Å². The van der Waals surface area contributed by atoms with Crippen LogP contribution in [0.15, 0.2) is 0 Å². The molecule has 2 nitrogen and oxygen atoms in total. The van der Waals surface area contributed by atoms with Gasteiger partial charge < -0.3 is 0 Å². The molecule has 0 aromatic rings. The van der Waals surface area contributed by atoms with Crippen molar-refractivity contribution in [2.24, 2.45) is 11.3 Å². The first-order chi connectivity index (χ1) is 4.22. The van der Waals surface area contributed by atoms with Crippen molar-refractivity contribution in [1.82, 2.24) is 5.01 Å². The fourth-order valence-electron chi connectivity index (χ4n) is 1.51. The van der Waals surface area contributed by atoms with E-state index in [0.717, 1.165) is 13.1 Å². The van der Waals surface area contributed by atoms with Crippen LogP contribution in [0.4, 0.5) is 0 Å². The van der Waals surface area contributed by atoms with Gasteiger partial charge >= 0.3 is 0 Å². The van der Waals surface area contributed by atoms with E-state index in [1.807, 2.05) is 5.01 Å². The van der Waals surface area contributed by atoms with Crippen LogP contribution in [0.1, 0.15) is 26.7 Å². The second-order valence-electron chi connectivity index (χ2n) is 3.11. The predicted molar refractivity (Wildman–Crippen MR) is 38.8 cm³/mol. The van der Waals surface area contributed by atoms with Crippen molar-refractivity contribution in [3.8, 4) is 0 Å². The summed E-state index contributed by atoms with van der Waals surface area (Å²) in [5, 5.41) is 1.90. The number of hydrogen-bond acceptors (Lipinski definition) is 2. The summed E-state index contributed by atoms with van der Waals surface area (Å²) < 4.78 is 0. The molecule has 0 bridgehead atoms. The van der Waals surface area contributed by atoms with Gasteiger partial charge in [-0.25, -0.2) is 5.01 Å². The summed E-state index contributed by atoms with van der Waals surface area (Å²) in [5.74, 6) is 5.54. The molecule has 1 saturated heterocycles. The highest BCUT2D eigenvalue weighted by Gasteiger charge is 2.37. The molecule has 0 aromatic carbocycles. The summed E-state index contributed by atoms with van der Waals surface area (Å²) in [7, 11) is 0. The van der Waals surface area contributed by atoms with Gasteiger partial charge in [0.15, 0.2) is 0 Å². The summed E-state index contributed by atoms with van der Waals surface area (Å²) in [6.07, 6.45) is 2.55. The topological polar surface area (TPSA) is 29.3 Å². The van der Waals surface area contributed by atoms with Crippen molar-refractivity contribution >= 4 is 0 Å². The summed E-state index contributed by atoms with van der Waals surface area (Å²) >= 11 is 0. The first-order valence-electron chi connectivity index (χ1n) is 3.72. The Bertz CT molecular complexity index is 89.1. The molecule has 2 heteroatoms. The number of nitrogens with two attached hydrogens (primary N) is 1. The van der Waals surface area contributed by atoms with Crippen LogP contribution in [0.3, 0.4) is 0 Å². The third-order valence-corrected chi connectivity index (χ3v) is 2.58. The predicted octanol–water partition coefficient (Wildman–Crippen LogP) is 0.982. The van der Waals surface area contributed by atoms with Gasteiger partial charge in [-0.2, -0.15) is 0 Å². The van der Waals surface area contributed by atoms with Gasteiger partial charge in [0.25, 0.3) is 0 Å². The molecule has 1 rings (SSSR count). The van der Waals surface area contributed by atoms with Crippen LogP contribution in [0.25, 0.3) is 0 Å². The van der Waals surface area contributed by atoms with Gasteiger partial charge in [-0.3, -0.25) is 5.84 Å². The first kappa shape index (κ1) is 7.03. The highest BCUT2D eigenvalue weighted by Crippen LogP contribution is 2.34. The molecule has 1 aliphatic rings. The van der Waals surface area contributed by atoms with Gasteiger partial charge in [-0.15, -0.1) is 0 Å². The molecule has 54 valence electrons. The molecule has 0 unspecified atom stereocenters. The Balaban J connectivity index is 2.36. The Morgan fingerprint density at radius 3 is 1.89 bits per heavy atom. The Labute approximate surface area is 57.0 Å². The molecule has 0 aliphatic carbocycles. The fourth-order valence-corrected chi connectivity index (χ4v) is 1.51. The SMILES string of the molecule is CCC1(CC)CN(N)C1. The highest BCUT2D eigenvalue weighted by molar-refractivity contribution is 4.89. The van der Waals surface area contributed by atoms with Crippen LogP contribution < -0.4 is 5.84 Å². The van der Waals surface area contributed by atoms with Crippen molar-refractivity contribution in [1.29, 1.82) is 0 Å². The van der Waals surface area contributed by atoms with Gasteiger partial charge in [0, 0.05) is 13.1 Å². The number of nitrogens with zero attached hydrogens (tertiary/aromatic N) is 1. The largest absolute Gasteiger partial charge is 0.269 e. The molecule has 1 aliphatic heterocycles. The fraction of sp³-hybridized carbons (Fsp3) is 1.00. The molecule has 0 aromatic heterocycles. The van der Waals surface area contributed by atoms with Crippen molar-refractivity contribution in [3.05, 3.63) is 0 Å². The number of hydrazine groups is 1. The standard InChI is InChI=1S/C7H16N2/c1-3-7(4-2)5-9(8)6-7/h3-6,8H2,1-2H3. The van der Waals surface area contributed by atoms with Gasteiger partial charge in [0.2, 0.25) is 0 Å². The summed E-state index contributed by atoms with van der Waals surface area (Å²) in [6.45, 7) is 6.69. The van der Waals surface area contributed by atoms with E-state index in [2.05, 4.69) is 13.8 Å².